The summed E-state index contributed by atoms with van der Waals surface area (Å²) < 4.78 is 0. The van der Waals surface area contributed by atoms with Gasteiger partial charge in [-0.3, -0.25) is 0 Å². The Labute approximate surface area is 95.2 Å². The van der Waals surface area contributed by atoms with E-state index < -0.39 is 0 Å². The molecule has 2 heteroatoms. The largest absolute Gasteiger partial charge is 0.0843 e. The summed E-state index contributed by atoms with van der Waals surface area (Å²) in [6.45, 7) is 0. The molecule has 0 saturated heterocycles. The van der Waals surface area contributed by atoms with Crippen molar-refractivity contribution in [3.05, 3.63) is 39.7 Å². The van der Waals surface area contributed by atoms with Crippen molar-refractivity contribution in [2.45, 2.75) is 32.1 Å². The Hall–Kier alpha value is -0.200. The Morgan fingerprint density at radius 1 is 0.786 bits per heavy atom. The molecule has 14 heavy (non-hydrogen) atoms. The maximum Gasteiger partial charge on any atom is 0.0423 e. The molecule has 0 amide bonds. The lowest BCUT2D eigenvalue weighted by atomic mass is 9.84. The van der Waals surface area contributed by atoms with Crippen LogP contribution in [0.1, 0.15) is 37.7 Å². The summed E-state index contributed by atoms with van der Waals surface area (Å²) in [5.41, 5.74) is 1.24. The number of hydrogen-bond donors (Lipinski definition) is 0. The normalized spacial score (nSPS) is 18.4. The molecular weight excluding hydrogens is 215 g/mol. The number of benzene rings is 1. The highest BCUT2D eigenvalue weighted by Gasteiger charge is 2.16. The van der Waals surface area contributed by atoms with Crippen molar-refractivity contribution >= 4 is 23.2 Å². The molecule has 75 valence electrons. The van der Waals surface area contributed by atoms with E-state index >= 15 is 0 Å². The fourth-order valence-electron chi connectivity index (χ4n) is 2.03. The Morgan fingerprint density at radius 2 is 1.36 bits per heavy atom. The van der Waals surface area contributed by atoms with Gasteiger partial charge in [-0.2, -0.15) is 0 Å². The third-order valence-electron chi connectivity index (χ3n) is 2.73. The molecule has 1 aromatic carbocycles. The SMILES string of the molecule is Clc1cc(Cl)cc([C]2CCCCC2)c1. The molecule has 0 bridgehead atoms. The quantitative estimate of drug-likeness (QED) is 0.642. The van der Waals surface area contributed by atoms with Crippen molar-refractivity contribution in [1.82, 2.24) is 0 Å². The second kappa shape index (κ2) is 4.55. The van der Waals surface area contributed by atoms with E-state index in [1.165, 1.54) is 43.6 Å². The van der Waals surface area contributed by atoms with Crippen LogP contribution in [0.25, 0.3) is 0 Å². The van der Waals surface area contributed by atoms with Crippen LogP contribution in [0.2, 0.25) is 10.0 Å². The topological polar surface area (TPSA) is 0 Å². The molecule has 0 nitrogen and oxygen atoms in total. The average Bonchev–Trinajstić information content (AvgIpc) is 2.18. The minimum absolute atomic E-state index is 0.741. The standard InChI is InChI=1S/C12H13Cl2/c13-11-6-10(7-12(14)8-11)9-4-2-1-3-5-9/h6-8H,1-5H2. The highest BCUT2D eigenvalue weighted by atomic mass is 35.5. The zero-order chi connectivity index (χ0) is 9.97. The Balaban J connectivity index is 2.21. The first kappa shape index (κ1) is 10.3. The summed E-state index contributed by atoms with van der Waals surface area (Å²) in [6.07, 6.45) is 6.38. The highest BCUT2D eigenvalue weighted by Crippen LogP contribution is 2.34. The molecule has 0 spiro atoms. The van der Waals surface area contributed by atoms with Gasteiger partial charge >= 0.3 is 0 Å². The zero-order valence-corrected chi connectivity index (χ0v) is 9.54. The summed E-state index contributed by atoms with van der Waals surface area (Å²) in [5, 5.41) is 1.48. The molecule has 0 atom stereocenters. The van der Waals surface area contributed by atoms with Crippen LogP contribution in [0.15, 0.2) is 18.2 Å². The van der Waals surface area contributed by atoms with Gasteiger partial charge in [-0.1, -0.05) is 42.5 Å². The van der Waals surface area contributed by atoms with Crippen LogP contribution in [0.5, 0.6) is 0 Å². The second-order valence-corrected chi connectivity index (χ2v) is 4.70. The van der Waals surface area contributed by atoms with E-state index in [0.29, 0.717) is 0 Å². The molecule has 1 saturated carbocycles. The van der Waals surface area contributed by atoms with Crippen molar-refractivity contribution < 1.29 is 0 Å². The summed E-state index contributed by atoms with van der Waals surface area (Å²) in [7, 11) is 0. The average molecular weight is 228 g/mol. The van der Waals surface area contributed by atoms with Crippen molar-refractivity contribution in [2.75, 3.05) is 0 Å². The van der Waals surface area contributed by atoms with Crippen LogP contribution in [0.4, 0.5) is 0 Å². The van der Waals surface area contributed by atoms with E-state index in [0.717, 1.165) is 10.0 Å². The molecule has 2 rings (SSSR count). The van der Waals surface area contributed by atoms with Crippen molar-refractivity contribution in [1.29, 1.82) is 0 Å². The summed E-state index contributed by atoms with van der Waals surface area (Å²) in [6, 6.07) is 5.83. The molecular formula is C12H13Cl2. The van der Waals surface area contributed by atoms with Crippen molar-refractivity contribution in [3.8, 4) is 0 Å². The van der Waals surface area contributed by atoms with Gasteiger partial charge < -0.3 is 0 Å². The minimum Gasteiger partial charge on any atom is -0.0843 e. The predicted molar refractivity (Wildman–Crippen MR) is 61.9 cm³/mol. The van der Waals surface area contributed by atoms with E-state index in [1.807, 2.05) is 12.1 Å². The van der Waals surface area contributed by atoms with Gasteiger partial charge in [0.25, 0.3) is 0 Å². The van der Waals surface area contributed by atoms with Crippen molar-refractivity contribution in [3.63, 3.8) is 0 Å². The first-order chi connectivity index (χ1) is 6.75. The molecule has 0 N–H and O–H groups in total. The van der Waals surface area contributed by atoms with Gasteiger partial charge in [-0.05, 0) is 36.6 Å². The van der Waals surface area contributed by atoms with Gasteiger partial charge in [0.1, 0.15) is 0 Å². The zero-order valence-electron chi connectivity index (χ0n) is 8.02. The monoisotopic (exact) mass is 227 g/mol. The van der Waals surface area contributed by atoms with Gasteiger partial charge in [-0.25, -0.2) is 0 Å². The van der Waals surface area contributed by atoms with Gasteiger partial charge in [-0.15, -0.1) is 0 Å². The molecule has 0 heterocycles. The smallest absolute Gasteiger partial charge is 0.0423 e. The molecule has 0 aliphatic heterocycles. The fourth-order valence-corrected chi connectivity index (χ4v) is 2.55. The molecule has 1 radical (unpaired) electrons. The van der Waals surface area contributed by atoms with Crippen LogP contribution >= 0.6 is 23.2 Å². The maximum atomic E-state index is 5.97. The van der Waals surface area contributed by atoms with Crippen LogP contribution in [-0.4, -0.2) is 0 Å². The van der Waals surface area contributed by atoms with Gasteiger partial charge in [0, 0.05) is 16.0 Å². The van der Waals surface area contributed by atoms with Gasteiger partial charge in [0.15, 0.2) is 0 Å². The summed E-state index contributed by atoms with van der Waals surface area (Å²) >= 11 is 11.9. The van der Waals surface area contributed by atoms with Crippen LogP contribution < -0.4 is 0 Å². The number of rotatable bonds is 1. The first-order valence-electron chi connectivity index (χ1n) is 5.07. The molecule has 0 unspecified atom stereocenters. The fraction of sp³-hybridized carbons (Fsp3) is 0.417. The van der Waals surface area contributed by atoms with Gasteiger partial charge in [0.05, 0.1) is 0 Å². The number of hydrogen-bond acceptors (Lipinski definition) is 0. The second-order valence-electron chi connectivity index (χ2n) is 3.82. The van der Waals surface area contributed by atoms with Crippen LogP contribution in [-0.2, 0) is 0 Å². The number of halogens is 2. The van der Waals surface area contributed by atoms with E-state index in [2.05, 4.69) is 0 Å². The van der Waals surface area contributed by atoms with E-state index in [4.69, 9.17) is 23.2 Å². The highest BCUT2D eigenvalue weighted by molar-refractivity contribution is 6.34. The van der Waals surface area contributed by atoms with Gasteiger partial charge in [0.2, 0.25) is 0 Å². The minimum atomic E-state index is 0.741. The van der Waals surface area contributed by atoms with Crippen LogP contribution in [0, 0.1) is 5.92 Å². The molecule has 0 aromatic heterocycles. The summed E-state index contributed by atoms with van der Waals surface area (Å²) in [4.78, 5) is 0. The Kier molecular flexibility index (Phi) is 3.35. The molecule has 1 aliphatic carbocycles. The molecule has 1 aliphatic rings. The summed E-state index contributed by atoms with van der Waals surface area (Å²) in [5.74, 6) is 1.51. The maximum absolute atomic E-state index is 5.97. The Morgan fingerprint density at radius 3 is 1.93 bits per heavy atom. The van der Waals surface area contributed by atoms with Crippen LogP contribution in [0.3, 0.4) is 0 Å². The van der Waals surface area contributed by atoms with E-state index in [-0.39, 0.29) is 0 Å². The third kappa shape index (κ3) is 2.43. The molecule has 1 fully saturated rings. The third-order valence-corrected chi connectivity index (χ3v) is 3.16. The van der Waals surface area contributed by atoms with E-state index in [9.17, 15) is 0 Å². The predicted octanol–water partition coefficient (Wildman–Crippen LogP) is 4.88. The lowest BCUT2D eigenvalue weighted by Gasteiger charge is -2.21. The Bertz CT molecular complexity index is 294. The van der Waals surface area contributed by atoms with Crippen molar-refractivity contribution in [2.24, 2.45) is 0 Å². The van der Waals surface area contributed by atoms with E-state index in [1.54, 1.807) is 6.07 Å². The lowest BCUT2D eigenvalue weighted by molar-refractivity contribution is 0.551. The first-order valence-corrected chi connectivity index (χ1v) is 5.82. The molecule has 1 aromatic rings. The lowest BCUT2D eigenvalue weighted by Crippen LogP contribution is -2.05.